The van der Waals surface area contributed by atoms with Crippen molar-refractivity contribution in [2.75, 3.05) is 13.7 Å². The Bertz CT molecular complexity index is 1500. The smallest absolute Gasteiger partial charge is 0.340 e. The molecule has 12 heteroatoms. The van der Waals surface area contributed by atoms with E-state index in [4.69, 9.17) is 20.8 Å². The van der Waals surface area contributed by atoms with Gasteiger partial charge in [0, 0.05) is 22.9 Å². The average molecular weight is 586 g/mol. The maximum Gasteiger partial charge on any atom is 0.340 e. The van der Waals surface area contributed by atoms with Gasteiger partial charge in [0.15, 0.2) is 0 Å². The molecule has 1 aromatic heterocycles. The molecule has 0 spiro atoms. The zero-order valence-electron chi connectivity index (χ0n) is 23.1. The van der Waals surface area contributed by atoms with Crippen LogP contribution in [-0.2, 0) is 32.0 Å². The molecule has 2 atom stereocenters. The molecule has 3 aromatic rings. The van der Waals surface area contributed by atoms with E-state index in [1.54, 1.807) is 63.2 Å². The van der Waals surface area contributed by atoms with Crippen molar-refractivity contribution in [3.63, 3.8) is 0 Å². The highest BCUT2D eigenvalue weighted by Gasteiger charge is 2.26. The maximum atomic E-state index is 13.1. The molecular formula is C29H32ClN3O8. The van der Waals surface area contributed by atoms with E-state index in [0.29, 0.717) is 32.9 Å². The number of amides is 3. The standard InChI is InChI=1S/C29H32ClN3O8/c1-15(2)26(28(37)38)33-25(35)14-31-27(36)22(11-17-5-7-18(30)8-6-17)32-24(34)13-21-16(3)20-10-9-19(40-4)12-23(20)41-29(21)39/h5-10,12,15,22,26H,11,13-14H2,1-4H3,(H,31,36)(H,32,34)(H,33,35)(H,37,38)/t22?,26-/m0/s1. The lowest BCUT2D eigenvalue weighted by Gasteiger charge is -2.20. The Morgan fingerprint density at radius 2 is 1.71 bits per heavy atom. The van der Waals surface area contributed by atoms with Crippen molar-refractivity contribution in [2.24, 2.45) is 5.92 Å². The van der Waals surface area contributed by atoms with Gasteiger partial charge in [0.1, 0.15) is 23.4 Å². The molecule has 3 rings (SSSR count). The molecule has 0 aliphatic rings. The summed E-state index contributed by atoms with van der Waals surface area (Å²) in [5.41, 5.74) is 1.00. The Labute approximate surface area is 241 Å². The topological polar surface area (TPSA) is 164 Å². The van der Waals surface area contributed by atoms with Crippen LogP contribution in [0.1, 0.15) is 30.5 Å². The van der Waals surface area contributed by atoms with Crippen LogP contribution in [0.4, 0.5) is 0 Å². The number of halogens is 1. The molecule has 0 saturated heterocycles. The minimum atomic E-state index is -1.19. The van der Waals surface area contributed by atoms with E-state index in [1.807, 2.05) is 0 Å². The van der Waals surface area contributed by atoms with Crippen molar-refractivity contribution >= 4 is 46.3 Å². The summed E-state index contributed by atoms with van der Waals surface area (Å²) in [4.78, 5) is 62.6. The number of aliphatic carboxylic acids is 1. The van der Waals surface area contributed by atoms with Crippen molar-refractivity contribution in [1.29, 1.82) is 0 Å². The molecule has 0 fully saturated rings. The normalized spacial score (nSPS) is 12.4. The van der Waals surface area contributed by atoms with Crippen molar-refractivity contribution in [2.45, 2.75) is 45.7 Å². The summed E-state index contributed by atoms with van der Waals surface area (Å²) < 4.78 is 10.6. The SMILES string of the molecule is COc1ccc2c(C)c(CC(=O)NC(Cc3ccc(Cl)cc3)C(=O)NCC(=O)N[C@H](C(=O)O)C(C)C)c(=O)oc2c1. The summed E-state index contributed by atoms with van der Waals surface area (Å²) >= 11 is 5.96. The van der Waals surface area contributed by atoms with Gasteiger partial charge < -0.3 is 30.2 Å². The van der Waals surface area contributed by atoms with Crippen molar-refractivity contribution in [3.8, 4) is 5.75 Å². The highest BCUT2D eigenvalue weighted by Crippen LogP contribution is 2.24. The van der Waals surface area contributed by atoms with Crippen LogP contribution in [0.25, 0.3) is 11.0 Å². The largest absolute Gasteiger partial charge is 0.497 e. The third-order valence-electron chi connectivity index (χ3n) is 6.51. The molecule has 0 aliphatic heterocycles. The Hall–Kier alpha value is -4.38. The predicted molar refractivity (Wildman–Crippen MR) is 152 cm³/mol. The van der Waals surface area contributed by atoms with Crippen LogP contribution in [0.2, 0.25) is 5.02 Å². The maximum absolute atomic E-state index is 13.1. The minimum absolute atomic E-state index is 0.0607. The van der Waals surface area contributed by atoms with Crippen LogP contribution < -0.4 is 26.3 Å². The van der Waals surface area contributed by atoms with Crippen LogP contribution in [0, 0.1) is 12.8 Å². The zero-order chi connectivity index (χ0) is 30.3. The van der Waals surface area contributed by atoms with E-state index in [0.717, 1.165) is 0 Å². The summed E-state index contributed by atoms with van der Waals surface area (Å²) in [7, 11) is 1.49. The molecule has 4 N–H and O–H groups in total. The van der Waals surface area contributed by atoms with Gasteiger partial charge in [-0.2, -0.15) is 0 Å². The number of carbonyl (C=O) groups is 4. The second-order valence-corrected chi connectivity index (χ2v) is 10.3. The quantitative estimate of drug-likeness (QED) is 0.235. The fourth-order valence-electron chi connectivity index (χ4n) is 4.21. The number of carboxylic acids is 1. The van der Waals surface area contributed by atoms with E-state index in [1.165, 1.54) is 7.11 Å². The van der Waals surface area contributed by atoms with Crippen LogP contribution in [-0.4, -0.2) is 54.5 Å². The number of hydrogen-bond acceptors (Lipinski definition) is 7. The number of fused-ring (bicyclic) bond motifs is 1. The summed E-state index contributed by atoms with van der Waals surface area (Å²) in [6.45, 7) is 4.49. The number of ether oxygens (including phenoxy) is 1. The van der Waals surface area contributed by atoms with Gasteiger partial charge in [0.05, 0.1) is 25.6 Å². The van der Waals surface area contributed by atoms with E-state index < -0.39 is 47.9 Å². The number of nitrogens with one attached hydrogen (secondary N) is 3. The number of aryl methyl sites for hydroxylation is 1. The molecular weight excluding hydrogens is 554 g/mol. The monoisotopic (exact) mass is 585 g/mol. The molecule has 1 unspecified atom stereocenters. The minimum Gasteiger partial charge on any atom is -0.497 e. The first kappa shape index (κ1) is 31.2. The number of carboxylic acid groups (broad SMARTS) is 1. The van der Waals surface area contributed by atoms with E-state index in [9.17, 15) is 29.1 Å². The van der Waals surface area contributed by atoms with Crippen molar-refractivity contribution < 1.29 is 33.4 Å². The number of carbonyl (C=O) groups excluding carboxylic acids is 3. The van der Waals surface area contributed by atoms with E-state index in [-0.39, 0.29) is 24.3 Å². The third-order valence-corrected chi connectivity index (χ3v) is 6.76. The van der Waals surface area contributed by atoms with Crippen molar-refractivity contribution in [1.82, 2.24) is 16.0 Å². The summed E-state index contributed by atoms with van der Waals surface area (Å²) in [6, 6.07) is 9.43. The highest BCUT2D eigenvalue weighted by molar-refractivity contribution is 6.30. The lowest BCUT2D eigenvalue weighted by atomic mass is 10.0. The first-order chi connectivity index (χ1) is 19.4. The summed E-state index contributed by atoms with van der Waals surface area (Å²) in [6.07, 6.45) is -0.291. The predicted octanol–water partition coefficient (Wildman–Crippen LogP) is 2.38. The van der Waals surface area contributed by atoms with Crippen LogP contribution in [0.15, 0.2) is 51.7 Å². The Morgan fingerprint density at radius 3 is 2.32 bits per heavy atom. The van der Waals surface area contributed by atoms with Crippen LogP contribution >= 0.6 is 11.6 Å². The van der Waals surface area contributed by atoms with Crippen LogP contribution in [0.5, 0.6) is 5.75 Å². The number of hydrogen-bond donors (Lipinski definition) is 4. The van der Waals surface area contributed by atoms with Gasteiger partial charge >= 0.3 is 11.6 Å². The molecule has 11 nitrogen and oxygen atoms in total. The molecule has 0 aliphatic carbocycles. The van der Waals surface area contributed by atoms with Gasteiger partial charge in [-0.05, 0) is 48.2 Å². The Balaban J connectivity index is 1.77. The first-order valence-corrected chi connectivity index (χ1v) is 13.2. The second-order valence-electron chi connectivity index (χ2n) is 9.83. The van der Waals surface area contributed by atoms with Gasteiger partial charge in [-0.3, -0.25) is 14.4 Å². The molecule has 41 heavy (non-hydrogen) atoms. The summed E-state index contributed by atoms with van der Waals surface area (Å²) in [5.74, 6) is -3.04. The summed E-state index contributed by atoms with van der Waals surface area (Å²) in [5, 5.41) is 17.9. The van der Waals surface area contributed by atoms with Gasteiger partial charge in [0.25, 0.3) is 0 Å². The lowest BCUT2D eigenvalue weighted by molar-refractivity contribution is -0.143. The number of rotatable bonds is 12. The highest BCUT2D eigenvalue weighted by atomic mass is 35.5. The number of methoxy groups -OCH3 is 1. The zero-order valence-corrected chi connectivity index (χ0v) is 23.8. The Kier molecular flexibility index (Phi) is 10.5. The molecule has 0 radical (unpaired) electrons. The third kappa shape index (κ3) is 8.31. The molecule has 0 saturated carbocycles. The van der Waals surface area contributed by atoms with Gasteiger partial charge in [-0.1, -0.05) is 37.6 Å². The fourth-order valence-corrected chi connectivity index (χ4v) is 4.33. The van der Waals surface area contributed by atoms with E-state index >= 15 is 0 Å². The number of benzene rings is 2. The lowest BCUT2D eigenvalue weighted by Crippen LogP contribution is -2.52. The van der Waals surface area contributed by atoms with Gasteiger partial charge in [0.2, 0.25) is 17.7 Å². The molecule has 0 bridgehead atoms. The Morgan fingerprint density at radius 1 is 1.02 bits per heavy atom. The van der Waals surface area contributed by atoms with Crippen molar-refractivity contribution in [3.05, 3.63) is 74.6 Å². The van der Waals surface area contributed by atoms with Gasteiger partial charge in [-0.25, -0.2) is 9.59 Å². The average Bonchev–Trinajstić information content (AvgIpc) is 2.92. The molecule has 2 aromatic carbocycles. The first-order valence-electron chi connectivity index (χ1n) is 12.8. The second kappa shape index (κ2) is 13.8. The fraction of sp³-hybridized carbons (Fsp3) is 0.345. The molecule has 218 valence electrons. The van der Waals surface area contributed by atoms with Crippen LogP contribution in [0.3, 0.4) is 0 Å². The van der Waals surface area contributed by atoms with Gasteiger partial charge in [-0.15, -0.1) is 0 Å². The van der Waals surface area contributed by atoms with E-state index in [2.05, 4.69) is 16.0 Å². The molecule has 1 heterocycles. The molecule has 3 amide bonds.